The molecular weight excluding hydrogens is 936 g/mol. The molecule has 0 saturated heterocycles. The van der Waals surface area contributed by atoms with E-state index in [-0.39, 0.29) is 22.6 Å². The summed E-state index contributed by atoms with van der Waals surface area (Å²) in [4.78, 5) is 24.4. The Morgan fingerprint density at radius 3 is 1.39 bits per heavy atom. The Labute approximate surface area is 429 Å². The molecule has 0 spiro atoms. The summed E-state index contributed by atoms with van der Waals surface area (Å²) in [6.07, 6.45) is -4.84. The third kappa shape index (κ3) is 8.63. The SMILES string of the molecule is [C-]#[N+]c1ccccc1-c1ccc2c(c1)c1cc(-c3ccccc3C#N)ccc1n2-c1c(-c2cc(-c3ccccc3)nc(-c3ccccc3)n2)cc(C(F)(F)F)cc1-c1nc(-c2ccccc2)cc(-c2ccccc2)n1. The lowest BCUT2D eigenvalue weighted by molar-refractivity contribution is -0.137. The summed E-state index contributed by atoms with van der Waals surface area (Å²) in [5.74, 6) is 0.368. The van der Waals surface area contributed by atoms with Gasteiger partial charge in [-0.15, -0.1) is 0 Å². The van der Waals surface area contributed by atoms with Crippen molar-refractivity contribution < 1.29 is 13.2 Å². The van der Waals surface area contributed by atoms with Crippen molar-refractivity contribution in [3.05, 3.63) is 253 Å². The molecule has 9 aromatic carbocycles. The Bertz CT molecular complexity index is 3860. The number of aromatic nitrogens is 5. The van der Waals surface area contributed by atoms with E-state index in [0.717, 1.165) is 55.8 Å². The second-order valence-corrected chi connectivity index (χ2v) is 17.9. The highest BCUT2D eigenvalue weighted by Gasteiger charge is 2.35. The molecule has 10 heteroatoms. The van der Waals surface area contributed by atoms with Gasteiger partial charge >= 0.3 is 6.18 Å². The fourth-order valence-corrected chi connectivity index (χ4v) is 9.79. The zero-order valence-corrected chi connectivity index (χ0v) is 39.7. The fourth-order valence-electron chi connectivity index (χ4n) is 9.79. The van der Waals surface area contributed by atoms with E-state index >= 15 is 13.2 Å². The molecule has 7 nitrogen and oxygen atoms in total. The van der Waals surface area contributed by atoms with Crippen molar-refractivity contribution >= 4 is 27.5 Å². The van der Waals surface area contributed by atoms with Crippen LogP contribution in [0.3, 0.4) is 0 Å². The minimum atomic E-state index is -4.84. The summed E-state index contributed by atoms with van der Waals surface area (Å²) in [5.41, 5.74) is 9.52. The van der Waals surface area contributed by atoms with Crippen LogP contribution in [0.4, 0.5) is 18.9 Å². The van der Waals surface area contributed by atoms with Crippen LogP contribution in [0.1, 0.15) is 11.1 Å². The Morgan fingerprint density at radius 1 is 0.413 bits per heavy atom. The summed E-state index contributed by atoms with van der Waals surface area (Å²) >= 11 is 0. The molecule has 12 aromatic rings. The third-order valence-corrected chi connectivity index (χ3v) is 13.3. The number of rotatable bonds is 9. The second-order valence-electron chi connectivity index (χ2n) is 17.9. The first-order valence-electron chi connectivity index (χ1n) is 24.0. The molecule has 0 saturated carbocycles. The van der Waals surface area contributed by atoms with Crippen molar-refractivity contribution in [2.45, 2.75) is 6.18 Å². The van der Waals surface area contributed by atoms with Crippen LogP contribution < -0.4 is 0 Å². The van der Waals surface area contributed by atoms with Crippen molar-refractivity contribution in [2.75, 3.05) is 0 Å². The molecule has 0 atom stereocenters. The number of alkyl halides is 3. The number of hydrogen-bond donors (Lipinski definition) is 0. The number of nitrogens with zero attached hydrogens (tertiary/aromatic N) is 7. The van der Waals surface area contributed by atoms with Crippen LogP contribution in [0, 0.1) is 17.9 Å². The molecule has 0 unspecified atom stereocenters. The largest absolute Gasteiger partial charge is 0.416 e. The average Bonchev–Trinajstić information content (AvgIpc) is 3.89. The first kappa shape index (κ1) is 45.8. The Hall–Kier alpha value is -10.3. The predicted octanol–water partition coefficient (Wildman–Crippen LogP) is 17.1. The van der Waals surface area contributed by atoms with Gasteiger partial charge in [-0.25, -0.2) is 24.8 Å². The zero-order chi connectivity index (χ0) is 51.0. The third-order valence-electron chi connectivity index (χ3n) is 13.3. The lowest BCUT2D eigenvalue weighted by Gasteiger charge is -2.22. The molecular formula is C65H38F3N7. The van der Waals surface area contributed by atoms with Gasteiger partial charge in [0.25, 0.3) is 0 Å². The lowest BCUT2D eigenvalue weighted by atomic mass is 9.96. The molecule has 0 amide bonds. The fraction of sp³-hybridized carbons (Fsp3) is 0.0154. The highest BCUT2D eigenvalue weighted by Crippen LogP contribution is 2.47. The lowest BCUT2D eigenvalue weighted by Crippen LogP contribution is -2.11. The average molecular weight is 974 g/mol. The van der Waals surface area contributed by atoms with Gasteiger partial charge in [-0.2, -0.15) is 18.4 Å². The molecule has 0 N–H and O–H groups in total. The molecule has 0 fully saturated rings. The maximum absolute atomic E-state index is 15.9. The Morgan fingerprint density at radius 2 is 0.853 bits per heavy atom. The number of hydrogen-bond acceptors (Lipinski definition) is 5. The number of halogens is 3. The van der Waals surface area contributed by atoms with Gasteiger partial charge in [0.15, 0.2) is 17.3 Å². The summed E-state index contributed by atoms with van der Waals surface area (Å²) in [5, 5.41) is 11.8. The first-order chi connectivity index (χ1) is 36.7. The van der Waals surface area contributed by atoms with Crippen molar-refractivity contribution in [2.24, 2.45) is 0 Å². The van der Waals surface area contributed by atoms with Crippen LogP contribution in [0.25, 0.3) is 122 Å². The molecule has 3 heterocycles. The van der Waals surface area contributed by atoms with Crippen molar-refractivity contribution in [3.8, 4) is 102 Å². The first-order valence-corrected chi connectivity index (χ1v) is 24.0. The second kappa shape index (κ2) is 19.0. The minimum absolute atomic E-state index is 0.0513. The molecule has 0 aliphatic rings. The van der Waals surface area contributed by atoms with Crippen LogP contribution in [0.5, 0.6) is 0 Å². The molecule has 0 bridgehead atoms. The molecule has 0 aliphatic heterocycles. The molecule has 12 rings (SSSR count). The highest BCUT2D eigenvalue weighted by molar-refractivity contribution is 6.13. The van der Waals surface area contributed by atoms with E-state index in [1.165, 1.54) is 6.07 Å². The van der Waals surface area contributed by atoms with E-state index < -0.39 is 11.7 Å². The van der Waals surface area contributed by atoms with Gasteiger partial charge in [0.2, 0.25) is 0 Å². The van der Waals surface area contributed by atoms with Crippen LogP contribution in [0.15, 0.2) is 231 Å². The maximum Gasteiger partial charge on any atom is 0.416 e. The number of fused-ring (bicyclic) bond motifs is 3. The normalized spacial score (nSPS) is 11.4. The molecule has 3 aromatic heterocycles. The van der Waals surface area contributed by atoms with Crippen molar-refractivity contribution in [1.29, 1.82) is 5.26 Å². The predicted molar refractivity (Wildman–Crippen MR) is 291 cm³/mol. The van der Waals surface area contributed by atoms with Gasteiger partial charge in [-0.05, 0) is 76.9 Å². The van der Waals surface area contributed by atoms with Gasteiger partial charge in [0.05, 0.1) is 63.3 Å². The van der Waals surface area contributed by atoms with E-state index in [0.29, 0.717) is 56.4 Å². The Balaban J connectivity index is 1.26. The monoisotopic (exact) mass is 973 g/mol. The summed E-state index contributed by atoms with van der Waals surface area (Å²) in [7, 11) is 0. The molecule has 0 radical (unpaired) electrons. The van der Waals surface area contributed by atoms with Crippen LogP contribution >= 0.6 is 0 Å². The summed E-state index contributed by atoms with van der Waals surface area (Å²) in [6.45, 7) is 8.05. The van der Waals surface area contributed by atoms with E-state index in [1.54, 1.807) is 18.2 Å². The highest BCUT2D eigenvalue weighted by atomic mass is 19.4. The smallest absolute Gasteiger partial charge is 0.308 e. The van der Waals surface area contributed by atoms with Gasteiger partial charge in [0.1, 0.15) is 0 Å². The van der Waals surface area contributed by atoms with Gasteiger partial charge < -0.3 is 4.57 Å². The van der Waals surface area contributed by atoms with Gasteiger partial charge in [-0.1, -0.05) is 176 Å². The van der Waals surface area contributed by atoms with E-state index in [9.17, 15) is 5.26 Å². The molecule has 75 heavy (non-hydrogen) atoms. The maximum atomic E-state index is 15.9. The van der Waals surface area contributed by atoms with E-state index in [4.69, 9.17) is 26.5 Å². The van der Waals surface area contributed by atoms with Crippen LogP contribution in [-0.4, -0.2) is 24.5 Å². The summed E-state index contributed by atoms with van der Waals surface area (Å²) < 4.78 is 49.8. The van der Waals surface area contributed by atoms with Crippen LogP contribution in [-0.2, 0) is 6.18 Å². The number of nitriles is 1. The Kier molecular flexibility index (Phi) is 11.6. The summed E-state index contributed by atoms with van der Waals surface area (Å²) in [6, 6.07) is 72.7. The zero-order valence-electron chi connectivity index (χ0n) is 39.7. The van der Waals surface area contributed by atoms with Gasteiger partial charge in [-0.3, -0.25) is 0 Å². The van der Waals surface area contributed by atoms with E-state index in [2.05, 4.69) is 10.9 Å². The molecule has 354 valence electrons. The van der Waals surface area contributed by atoms with Crippen molar-refractivity contribution in [3.63, 3.8) is 0 Å². The molecule has 0 aliphatic carbocycles. The van der Waals surface area contributed by atoms with Crippen molar-refractivity contribution in [1.82, 2.24) is 24.5 Å². The number of para-hydroxylation sites is 1. The minimum Gasteiger partial charge on any atom is -0.308 e. The van der Waals surface area contributed by atoms with Gasteiger partial charge in [0, 0.05) is 44.2 Å². The van der Waals surface area contributed by atoms with E-state index in [1.807, 2.05) is 205 Å². The number of benzene rings is 9. The quantitative estimate of drug-likeness (QED) is 0.135. The van der Waals surface area contributed by atoms with Crippen LogP contribution in [0.2, 0.25) is 0 Å². The standard InChI is InChI=1S/C65H38F3N7/c1-70-55-29-17-16-28-50(55)46-31-33-61-52(35-46)51-34-45(49-27-15-14-26-47(49)40-69)30-32-60(51)75(61)62-53(59-39-58(43-22-10-4-11-23-43)71-63(74-59)44-24-12-5-13-25-44)36-48(65(66,67)68)37-54(62)64-72-56(41-18-6-2-7-19-41)38-57(73-64)42-20-8-3-9-21-42/h2-39H. The topological polar surface area (TPSA) is 84.6 Å².